The Morgan fingerprint density at radius 2 is 1.80 bits per heavy atom. The van der Waals surface area contributed by atoms with Crippen molar-refractivity contribution in [2.75, 3.05) is 32.7 Å². The molecule has 0 saturated carbocycles. The second-order valence-corrected chi connectivity index (χ2v) is 8.31. The summed E-state index contributed by atoms with van der Waals surface area (Å²) in [7, 11) is 0. The first-order valence-corrected chi connectivity index (χ1v) is 10.3. The number of rotatable bonds is 5. The van der Waals surface area contributed by atoms with Crippen LogP contribution in [0.15, 0.2) is 18.2 Å². The summed E-state index contributed by atoms with van der Waals surface area (Å²) in [4.78, 5) is 27.4. The van der Waals surface area contributed by atoms with Crippen LogP contribution in [-0.4, -0.2) is 66.6 Å². The highest BCUT2D eigenvalue weighted by atomic mass is 35.5. The number of carbonyl (C=O) groups excluding carboxylic acids is 2. The van der Waals surface area contributed by atoms with E-state index in [0.29, 0.717) is 38.9 Å². The van der Waals surface area contributed by atoms with Crippen LogP contribution in [0.25, 0.3) is 0 Å². The minimum atomic E-state index is -4.39. The Hall–Kier alpha value is -1.87. The van der Waals surface area contributed by atoms with Crippen LogP contribution in [0.5, 0.6) is 0 Å². The number of nitrogens with one attached hydrogen (secondary N) is 1. The highest BCUT2D eigenvalue weighted by Gasteiger charge is 2.47. The summed E-state index contributed by atoms with van der Waals surface area (Å²) in [6.07, 6.45) is -2.63. The smallest absolute Gasteiger partial charge is 0.352 e. The molecule has 2 aliphatic rings. The van der Waals surface area contributed by atoms with Gasteiger partial charge in [0.2, 0.25) is 5.91 Å². The monoisotopic (exact) mass is 449 g/mol. The van der Waals surface area contributed by atoms with Gasteiger partial charge >= 0.3 is 6.18 Å². The first kappa shape index (κ1) is 22.8. The molecule has 0 unspecified atom stereocenters. The molecule has 0 aromatic heterocycles. The van der Waals surface area contributed by atoms with Gasteiger partial charge in [-0.2, -0.15) is 13.2 Å². The molecule has 2 saturated heterocycles. The van der Waals surface area contributed by atoms with E-state index in [4.69, 9.17) is 11.6 Å². The van der Waals surface area contributed by atoms with E-state index in [0.717, 1.165) is 17.0 Å². The van der Waals surface area contributed by atoms with Gasteiger partial charge in [0.05, 0.1) is 6.54 Å². The maximum atomic E-state index is 13.4. The molecule has 0 bridgehead atoms. The molecule has 3 rings (SSSR count). The van der Waals surface area contributed by atoms with Crippen LogP contribution in [0, 0.1) is 11.7 Å². The maximum Gasteiger partial charge on any atom is 0.408 e. The van der Waals surface area contributed by atoms with Crippen LogP contribution in [0.4, 0.5) is 17.6 Å². The molecule has 1 aromatic carbocycles. The second kappa shape index (κ2) is 9.51. The first-order chi connectivity index (χ1) is 14.1. The van der Waals surface area contributed by atoms with Crippen molar-refractivity contribution in [3.8, 4) is 0 Å². The van der Waals surface area contributed by atoms with Gasteiger partial charge in [0.15, 0.2) is 0 Å². The zero-order valence-corrected chi connectivity index (χ0v) is 17.1. The summed E-state index contributed by atoms with van der Waals surface area (Å²) >= 11 is 5.76. The van der Waals surface area contributed by atoms with Gasteiger partial charge in [-0.05, 0) is 62.9 Å². The number of likely N-dealkylation sites (tertiary alicyclic amines) is 2. The number of nitrogens with zero attached hydrogens (tertiary/aromatic N) is 2. The van der Waals surface area contributed by atoms with E-state index in [1.165, 1.54) is 6.07 Å². The number of piperidine rings is 1. The first-order valence-electron chi connectivity index (χ1n) is 9.96. The fourth-order valence-corrected chi connectivity index (χ4v) is 4.28. The fourth-order valence-electron chi connectivity index (χ4n) is 4.06. The molecule has 2 amide bonds. The summed E-state index contributed by atoms with van der Waals surface area (Å²) in [5, 5.41) is 2.91. The summed E-state index contributed by atoms with van der Waals surface area (Å²) in [5.41, 5.74) is 0.146. The van der Waals surface area contributed by atoms with E-state index in [9.17, 15) is 27.2 Å². The van der Waals surface area contributed by atoms with Gasteiger partial charge in [-0.25, -0.2) is 4.39 Å². The third-order valence-electron chi connectivity index (χ3n) is 5.69. The highest BCUT2D eigenvalue weighted by molar-refractivity contribution is 6.31. The Bertz CT molecular complexity index is 762. The summed E-state index contributed by atoms with van der Waals surface area (Å²) in [6.45, 7) is 1.67. The molecule has 1 N–H and O–H groups in total. The maximum absolute atomic E-state index is 13.4. The van der Waals surface area contributed by atoms with Crippen molar-refractivity contribution in [2.45, 2.75) is 37.9 Å². The molecule has 0 aliphatic carbocycles. The lowest BCUT2D eigenvalue weighted by atomic mass is 9.96. The van der Waals surface area contributed by atoms with Crippen molar-refractivity contribution < 1.29 is 27.2 Å². The minimum Gasteiger partial charge on any atom is -0.352 e. The topological polar surface area (TPSA) is 52.7 Å². The Balaban J connectivity index is 1.42. The van der Waals surface area contributed by atoms with Gasteiger partial charge in [-0.3, -0.25) is 14.5 Å². The van der Waals surface area contributed by atoms with Crippen molar-refractivity contribution in [3.63, 3.8) is 0 Å². The Morgan fingerprint density at radius 1 is 1.10 bits per heavy atom. The molecule has 1 atom stereocenters. The van der Waals surface area contributed by atoms with Crippen molar-refractivity contribution in [3.05, 3.63) is 34.6 Å². The van der Waals surface area contributed by atoms with Gasteiger partial charge in [-0.1, -0.05) is 11.6 Å². The summed E-state index contributed by atoms with van der Waals surface area (Å²) in [6, 6.07) is 1.95. The standard InChI is InChI=1S/C20H24ClF4N3O2/c21-15-8-14(9-16(22)10-15)19(30)26-11-13-3-6-27(7-4-13)12-18(29)28-5-1-2-17(28)20(23,24)25/h8-10,13,17H,1-7,11-12H2,(H,26,30)/t17-/m0/s1. The fraction of sp³-hybridized carbons (Fsp3) is 0.600. The van der Waals surface area contributed by atoms with E-state index >= 15 is 0 Å². The molecule has 2 fully saturated rings. The number of amides is 2. The molecule has 0 spiro atoms. The molecular formula is C20H24ClF4N3O2. The van der Waals surface area contributed by atoms with E-state index in [-0.39, 0.29) is 36.0 Å². The molecule has 166 valence electrons. The zero-order valence-electron chi connectivity index (χ0n) is 16.4. The van der Waals surface area contributed by atoms with E-state index in [1.807, 2.05) is 4.90 Å². The molecular weight excluding hydrogens is 426 g/mol. The third-order valence-corrected chi connectivity index (χ3v) is 5.91. The number of hydrogen-bond donors (Lipinski definition) is 1. The Kier molecular flexibility index (Phi) is 7.23. The van der Waals surface area contributed by atoms with Gasteiger partial charge < -0.3 is 10.2 Å². The van der Waals surface area contributed by atoms with E-state index in [2.05, 4.69) is 5.32 Å². The van der Waals surface area contributed by atoms with Gasteiger partial charge in [-0.15, -0.1) is 0 Å². The van der Waals surface area contributed by atoms with Gasteiger partial charge in [0.1, 0.15) is 11.9 Å². The average Bonchev–Trinajstić information content (AvgIpc) is 3.17. The molecule has 5 nitrogen and oxygen atoms in total. The van der Waals surface area contributed by atoms with Crippen LogP contribution in [0.2, 0.25) is 5.02 Å². The molecule has 10 heteroatoms. The van der Waals surface area contributed by atoms with Crippen molar-refractivity contribution in [1.82, 2.24) is 15.1 Å². The molecule has 0 radical (unpaired) electrons. The predicted octanol–water partition coefficient (Wildman–Crippen LogP) is 3.47. The molecule has 2 heterocycles. The van der Waals surface area contributed by atoms with E-state index in [1.54, 1.807) is 0 Å². The van der Waals surface area contributed by atoms with Crippen LogP contribution < -0.4 is 5.32 Å². The SMILES string of the molecule is O=C(NCC1CCN(CC(=O)N2CCC[C@H]2C(F)(F)F)CC1)c1cc(F)cc(Cl)c1. The van der Waals surface area contributed by atoms with Gasteiger partial charge in [0.25, 0.3) is 5.91 Å². The summed E-state index contributed by atoms with van der Waals surface area (Å²) < 4.78 is 52.5. The molecule has 30 heavy (non-hydrogen) atoms. The normalized spacial score (nSPS) is 21.1. The van der Waals surface area contributed by atoms with E-state index < -0.39 is 29.8 Å². The lowest BCUT2D eigenvalue weighted by molar-refractivity contribution is -0.183. The number of carbonyl (C=O) groups is 2. The Morgan fingerprint density at radius 3 is 2.43 bits per heavy atom. The number of hydrogen-bond acceptors (Lipinski definition) is 3. The lowest BCUT2D eigenvalue weighted by Gasteiger charge is -2.34. The second-order valence-electron chi connectivity index (χ2n) is 7.87. The van der Waals surface area contributed by atoms with Crippen LogP contribution in [0.1, 0.15) is 36.0 Å². The summed E-state index contributed by atoms with van der Waals surface area (Å²) in [5.74, 6) is -1.30. The van der Waals surface area contributed by atoms with Crippen molar-refractivity contribution in [2.24, 2.45) is 5.92 Å². The largest absolute Gasteiger partial charge is 0.408 e. The van der Waals surface area contributed by atoms with Crippen LogP contribution in [0.3, 0.4) is 0 Å². The van der Waals surface area contributed by atoms with Crippen molar-refractivity contribution >= 4 is 23.4 Å². The number of benzene rings is 1. The average molecular weight is 450 g/mol. The highest BCUT2D eigenvalue weighted by Crippen LogP contribution is 2.32. The number of halogens is 5. The zero-order chi connectivity index (χ0) is 21.9. The van der Waals surface area contributed by atoms with Gasteiger partial charge in [0, 0.05) is 23.7 Å². The number of alkyl halides is 3. The Labute approximate surface area is 177 Å². The third kappa shape index (κ3) is 5.85. The van der Waals surface area contributed by atoms with Crippen LogP contribution >= 0.6 is 11.6 Å². The predicted molar refractivity (Wildman–Crippen MR) is 104 cm³/mol. The quantitative estimate of drug-likeness (QED) is 0.700. The minimum absolute atomic E-state index is 0.0204. The molecule has 2 aliphatic heterocycles. The van der Waals surface area contributed by atoms with Crippen molar-refractivity contribution in [1.29, 1.82) is 0 Å². The molecule has 1 aromatic rings. The lowest BCUT2D eigenvalue weighted by Crippen LogP contribution is -2.49. The van der Waals surface area contributed by atoms with Crippen LogP contribution in [-0.2, 0) is 4.79 Å².